The van der Waals surface area contributed by atoms with Crippen LogP contribution < -0.4 is 10.6 Å². The molecule has 0 fully saturated rings. The van der Waals surface area contributed by atoms with Crippen LogP contribution in [0.25, 0.3) is 0 Å². The highest BCUT2D eigenvalue weighted by atomic mass is 15.2. The Labute approximate surface area is 104 Å². The molecule has 0 aliphatic carbocycles. The zero-order valence-electron chi connectivity index (χ0n) is 11.2. The van der Waals surface area contributed by atoms with Gasteiger partial charge in [-0.15, -0.1) is 0 Å². The molecule has 0 aliphatic heterocycles. The predicted molar refractivity (Wildman–Crippen MR) is 75.5 cm³/mol. The maximum Gasteiger partial charge on any atom is 0.196 e. The van der Waals surface area contributed by atoms with Gasteiger partial charge in [0.25, 0.3) is 0 Å². The number of hydrogen-bond acceptors (Lipinski definition) is 1. The van der Waals surface area contributed by atoms with Crippen molar-refractivity contribution in [2.45, 2.75) is 39.7 Å². The summed E-state index contributed by atoms with van der Waals surface area (Å²) in [4.78, 5) is 4.52. The Hall–Kier alpha value is -1.51. The summed E-state index contributed by atoms with van der Waals surface area (Å²) in [7, 11) is 0. The van der Waals surface area contributed by atoms with Gasteiger partial charge in [-0.3, -0.25) is 4.99 Å². The van der Waals surface area contributed by atoms with Crippen LogP contribution >= 0.6 is 0 Å². The van der Waals surface area contributed by atoms with Gasteiger partial charge in [0.05, 0.1) is 0 Å². The molecule has 1 aromatic carbocycles. The van der Waals surface area contributed by atoms with Crippen molar-refractivity contribution in [1.82, 2.24) is 5.32 Å². The van der Waals surface area contributed by atoms with Crippen LogP contribution in [0.3, 0.4) is 0 Å². The van der Waals surface area contributed by atoms with Crippen LogP contribution in [0, 0.1) is 0 Å². The fraction of sp³-hybridized carbons (Fsp3) is 0.500. The SMILES string of the molecule is CCCN=C(Nc1ccccc1)NC(C)(C)C. The molecule has 0 saturated carbocycles. The van der Waals surface area contributed by atoms with E-state index in [2.05, 4.69) is 43.3 Å². The zero-order chi connectivity index (χ0) is 12.7. The van der Waals surface area contributed by atoms with Crippen molar-refractivity contribution in [3.8, 4) is 0 Å². The van der Waals surface area contributed by atoms with Crippen molar-refractivity contribution >= 4 is 11.6 Å². The molecule has 0 unspecified atom stereocenters. The summed E-state index contributed by atoms with van der Waals surface area (Å²) in [6.07, 6.45) is 1.05. The fourth-order valence-electron chi connectivity index (χ4n) is 1.35. The Bertz CT molecular complexity index is 349. The first-order chi connectivity index (χ1) is 8.01. The zero-order valence-corrected chi connectivity index (χ0v) is 11.2. The predicted octanol–water partition coefficient (Wildman–Crippen LogP) is 3.25. The van der Waals surface area contributed by atoms with Gasteiger partial charge in [-0.2, -0.15) is 0 Å². The van der Waals surface area contributed by atoms with Crippen LogP contribution in [0.1, 0.15) is 34.1 Å². The molecule has 0 amide bonds. The molecule has 0 bridgehead atoms. The molecule has 2 N–H and O–H groups in total. The van der Waals surface area contributed by atoms with Gasteiger partial charge in [0.1, 0.15) is 0 Å². The first-order valence-corrected chi connectivity index (χ1v) is 6.16. The van der Waals surface area contributed by atoms with Crippen molar-refractivity contribution in [3.05, 3.63) is 30.3 Å². The first-order valence-electron chi connectivity index (χ1n) is 6.16. The smallest absolute Gasteiger partial charge is 0.196 e. The summed E-state index contributed by atoms with van der Waals surface area (Å²) in [5, 5.41) is 6.69. The lowest BCUT2D eigenvalue weighted by molar-refractivity contribution is 0.510. The van der Waals surface area contributed by atoms with Gasteiger partial charge in [0, 0.05) is 17.8 Å². The lowest BCUT2D eigenvalue weighted by Gasteiger charge is -2.24. The number of para-hydroxylation sites is 1. The van der Waals surface area contributed by atoms with Crippen molar-refractivity contribution in [2.24, 2.45) is 4.99 Å². The van der Waals surface area contributed by atoms with Gasteiger partial charge >= 0.3 is 0 Å². The normalized spacial score (nSPS) is 12.4. The Kier molecular flexibility index (Phi) is 5.01. The second kappa shape index (κ2) is 6.28. The minimum absolute atomic E-state index is 0.00829. The lowest BCUT2D eigenvalue weighted by atomic mass is 10.1. The van der Waals surface area contributed by atoms with Crippen LogP contribution in [0.15, 0.2) is 35.3 Å². The number of anilines is 1. The molecule has 0 radical (unpaired) electrons. The summed E-state index contributed by atoms with van der Waals surface area (Å²) in [5.74, 6) is 0.838. The number of guanidine groups is 1. The Morgan fingerprint density at radius 2 is 1.82 bits per heavy atom. The number of rotatable bonds is 3. The van der Waals surface area contributed by atoms with E-state index in [0.717, 1.165) is 24.6 Å². The van der Waals surface area contributed by atoms with Crippen molar-refractivity contribution in [2.75, 3.05) is 11.9 Å². The molecule has 0 heterocycles. The first kappa shape index (κ1) is 13.6. The highest BCUT2D eigenvalue weighted by Crippen LogP contribution is 2.06. The van der Waals surface area contributed by atoms with E-state index in [9.17, 15) is 0 Å². The molecule has 0 atom stereocenters. The quantitative estimate of drug-likeness (QED) is 0.621. The maximum absolute atomic E-state index is 4.52. The van der Waals surface area contributed by atoms with Gasteiger partial charge in [-0.25, -0.2) is 0 Å². The molecular weight excluding hydrogens is 210 g/mol. The van der Waals surface area contributed by atoms with E-state index in [0.29, 0.717) is 0 Å². The number of nitrogens with zero attached hydrogens (tertiary/aromatic N) is 1. The van der Waals surface area contributed by atoms with Crippen LogP contribution in [-0.4, -0.2) is 18.0 Å². The summed E-state index contributed by atoms with van der Waals surface area (Å²) in [6.45, 7) is 9.34. The van der Waals surface area contributed by atoms with Crippen molar-refractivity contribution in [1.29, 1.82) is 0 Å². The van der Waals surface area contributed by atoms with Crippen LogP contribution in [0.2, 0.25) is 0 Å². The standard InChI is InChI=1S/C14H23N3/c1-5-11-15-13(17-14(2,3)4)16-12-9-7-6-8-10-12/h6-10H,5,11H2,1-4H3,(H2,15,16,17). The fourth-order valence-corrected chi connectivity index (χ4v) is 1.35. The molecule has 0 aliphatic rings. The molecule has 1 aromatic rings. The van der Waals surface area contributed by atoms with E-state index in [1.54, 1.807) is 0 Å². The second-order valence-corrected chi connectivity index (χ2v) is 5.10. The molecule has 3 nitrogen and oxygen atoms in total. The van der Waals surface area contributed by atoms with Gasteiger partial charge < -0.3 is 10.6 Å². The topological polar surface area (TPSA) is 36.4 Å². The third kappa shape index (κ3) is 5.95. The van der Waals surface area contributed by atoms with E-state index in [1.807, 2.05) is 30.3 Å². The number of aliphatic imine (C=N–C) groups is 1. The Morgan fingerprint density at radius 1 is 1.18 bits per heavy atom. The largest absolute Gasteiger partial charge is 0.352 e. The molecule has 0 aromatic heterocycles. The molecule has 0 spiro atoms. The monoisotopic (exact) mass is 233 g/mol. The average molecular weight is 233 g/mol. The minimum atomic E-state index is 0.00829. The van der Waals surface area contributed by atoms with Gasteiger partial charge in [-0.05, 0) is 39.3 Å². The minimum Gasteiger partial charge on any atom is -0.352 e. The molecule has 94 valence electrons. The highest BCUT2D eigenvalue weighted by molar-refractivity contribution is 5.94. The van der Waals surface area contributed by atoms with Gasteiger partial charge in [0.2, 0.25) is 0 Å². The molecular formula is C14H23N3. The summed E-state index contributed by atoms with van der Waals surface area (Å²) >= 11 is 0. The number of nitrogens with one attached hydrogen (secondary N) is 2. The van der Waals surface area contributed by atoms with Gasteiger partial charge in [0.15, 0.2) is 5.96 Å². The summed E-state index contributed by atoms with van der Waals surface area (Å²) in [6, 6.07) is 10.1. The summed E-state index contributed by atoms with van der Waals surface area (Å²) in [5.41, 5.74) is 1.06. The third-order valence-corrected chi connectivity index (χ3v) is 2.02. The Balaban J connectivity index is 2.71. The molecule has 17 heavy (non-hydrogen) atoms. The molecule has 3 heteroatoms. The van der Waals surface area contributed by atoms with Crippen molar-refractivity contribution in [3.63, 3.8) is 0 Å². The number of hydrogen-bond donors (Lipinski definition) is 2. The van der Waals surface area contributed by atoms with Crippen LogP contribution in [0.4, 0.5) is 5.69 Å². The summed E-state index contributed by atoms with van der Waals surface area (Å²) < 4.78 is 0. The van der Waals surface area contributed by atoms with E-state index in [-0.39, 0.29) is 5.54 Å². The van der Waals surface area contributed by atoms with Crippen LogP contribution in [-0.2, 0) is 0 Å². The average Bonchev–Trinajstić information content (AvgIpc) is 2.25. The van der Waals surface area contributed by atoms with Gasteiger partial charge in [-0.1, -0.05) is 25.1 Å². The van der Waals surface area contributed by atoms with E-state index in [4.69, 9.17) is 0 Å². The van der Waals surface area contributed by atoms with Crippen molar-refractivity contribution < 1.29 is 0 Å². The van der Waals surface area contributed by atoms with E-state index >= 15 is 0 Å². The maximum atomic E-state index is 4.52. The van der Waals surface area contributed by atoms with E-state index < -0.39 is 0 Å². The molecule has 1 rings (SSSR count). The highest BCUT2D eigenvalue weighted by Gasteiger charge is 2.11. The van der Waals surface area contributed by atoms with E-state index in [1.165, 1.54) is 0 Å². The third-order valence-electron chi connectivity index (χ3n) is 2.02. The Morgan fingerprint density at radius 3 is 2.35 bits per heavy atom. The van der Waals surface area contributed by atoms with Crippen LogP contribution in [0.5, 0.6) is 0 Å². The lowest BCUT2D eigenvalue weighted by Crippen LogP contribution is -2.44. The molecule has 0 saturated heterocycles. The number of benzene rings is 1. The second-order valence-electron chi connectivity index (χ2n) is 5.10.